The first kappa shape index (κ1) is 18.6. The van der Waals surface area contributed by atoms with Crippen LogP contribution < -0.4 is 0 Å². The minimum absolute atomic E-state index is 0.0785. The van der Waals surface area contributed by atoms with Gasteiger partial charge in [0.25, 0.3) is 0 Å². The number of thiazole rings is 1. The van der Waals surface area contributed by atoms with Crippen LogP contribution in [0.1, 0.15) is 38.1 Å². The van der Waals surface area contributed by atoms with Crippen LogP contribution in [-0.4, -0.2) is 47.9 Å². The van der Waals surface area contributed by atoms with Crippen molar-refractivity contribution in [3.63, 3.8) is 0 Å². The third-order valence-corrected chi connectivity index (χ3v) is 5.86. The van der Waals surface area contributed by atoms with Gasteiger partial charge in [-0.05, 0) is 45.4 Å². The lowest BCUT2D eigenvalue weighted by Gasteiger charge is -2.37. The van der Waals surface area contributed by atoms with E-state index in [1.165, 1.54) is 4.70 Å². The molecule has 5 nitrogen and oxygen atoms in total. The first-order valence-corrected chi connectivity index (χ1v) is 9.94. The Labute approximate surface area is 160 Å². The van der Waals surface area contributed by atoms with Crippen molar-refractivity contribution in [3.05, 3.63) is 27.7 Å². The van der Waals surface area contributed by atoms with Gasteiger partial charge in [-0.3, -0.25) is 0 Å². The summed E-state index contributed by atoms with van der Waals surface area (Å²) in [4.78, 5) is 18.9. The molecule has 0 radical (unpaired) electrons. The number of ether oxygens (including phenoxy) is 2. The zero-order chi connectivity index (χ0) is 18.2. The number of carbonyl (C=O) groups excluding carboxylic acids is 1. The van der Waals surface area contributed by atoms with Gasteiger partial charge in [-0.1, -0.05) is 15.9 Å². The number of rotatable bonds is 2. The molecule has 1 fully saturated rings. The van der Waals surface area contributed by atoms with Crippen LogP contribution in [0.5, 0.6) is 0 Å². The summed E-state index contributed by atoms with van der Waals surface area (Å²) in [5, 5.41) is 1.07. The van der Waals surface area contributed by atoms with Crippen molar-refractivity contribution in [1.29, 1.82) is 0 Å². The monoisotopic (exact) mass is 426 g/mol. The molecular formula is C18H23BrN2O3S. The van der Waals surface area contributed by atoms with Gasteiger partial charge in [-0.2, -0.15) is 0 Å². The molecule has 25 heavy (non-hydrogen) atoms. The molecule has 1 aromatic carbocycles. The molecule has 1 saturated heterocycles. The van der Waals surface area contributed by atoms with Gasteiger partial charge < -0.3 is 14.4 Å². The third-order valence-electron chi connectivity index (χ3n) is 4.20. The summed E-state index contributed by atoms with van der Waals surface area (Å²) < 4.78 is 13.4. The summed E-state index contributed by atoms with van der Waals surface area (Å²) in [6.07, 6.45) is 0.463. The molecule has 1 aromatic heterocycles. The summed E-state index contributed by atoms with van der Waals surface area (Å²) in [7, 11) is 1.69. The molecule has 136 valence electrons. The van der Waals surface area contributed by atoms with Gasteiger partial charge >= 0.3 is 6.09 Å². The van der Waals surface area contributed by atoms with E-state index in [0.717, 1.165) is 21.4 Å². The van der Waals surface area contributed by atoms with Gasteiger partial charge in [-0.15, -0.1) is 11.3 Å². The number of methoxy groups -OCH3 is 1. The molecule has 0 N–H and O–H groups in total. The van der Waals surface area contributed by atoms with Gasteiger partial charge in [0.15, 0.2) is 0 Å². The topological polar surface area (TPSA) is 51.7 Å². The van der Waals surface area contributed by atoms with Crippen LogP contribution in [0.2, 0.25) is 0 Å². The zero-order valence-corrected chi connectivity index (χ0v) is 17.3. The molecule has 0 saturated carbocycles. The number of halogens is 1. The summed E-state index contributed by atoms with van der Waals surface area (Å²) in [5.41, 5.74) is 0.510. The van der Waals surface area contributed by atoms with E-state index in [0.29, 0.717) is 13.1 Å². The van der Waals surface area contributed by atoms with E-state index in [2.05, 4.69) is 22.0 Å². The second-order valence-corrected chi connectivity index (χ2v) is 9.24. The lowest BCUT2D eigenvalue weighted by Crippen LogP contribution is -2.48. The maximum atomic E-state index is 12.3. The van der Waals surface area contributed by atoms with Crippen LogP contribution in [0.4, 0.5) is 4.79 Å². The molecule has 0 aliphatic carbocycles. The molecule has 2 unspecified atom stereocenters. The molecule has 1 aliphatic rings. The molecule has 2 atom stereocenters. The Bertz CT molecular complexity index is 771. The Hall–Kier alpha value is -1.18. The fourth-order valence-corrected chi connectivity index (χ4v) is 4.49. The number of aromatic nitrogens is 1. The molecule has 2 heterocycles. The molecule has 1 aliphatic heterocycles. The molecule has 2 aromatic rings. The van der Waals surface area contributed by atoms with E-state index in [4.69, 9.17) is 14.5 Å². The van der Waals surface area contributed by atoms with Crippen molar-refractivity contribution in [1.82, 2.24) is 9.88 Å². The lowest BCUT2D eigenvalue weighted by molar-refractivity contribution is -0.0139. The van der Waals surface area contributed by atoms with Crippen LogP contribution in [-0.2, 0) is 9.47 Å². The first-order valence-electron chi connectivity index (χ1n) is 8.33. The Morgan fingerprint density at radius 2 is 2.16 bits per heavy atom. The molecule has 7 heteroatoms. The van der Waals surface area contributed by atoms with Gasteiger partial charge in [0.05, 0.1) is 27.9 Å². The highest BCUT2D eigenvalue weighted by atomic mass is 79.9. The lowest BCUT2D eigenvalue weighted by atomic mass is 9.94. The number of benzene rings is 1. The Balaban J connectivity index is 1.76. The highest BCUT2D eigenvalue weighted by molar-refractivity contribution is 9.10. The van der Waals surface area contributed by atoms with Crippen LogP contribution in [0.25, 0.3) is 10.2 Å². The Morgan fingerprint density at radius 3 is 2.84 bits per heavy atom. The number of carbonyl (C=O) groups is 1. The Morgan fingerprint density at radius 1 is 1.40 bits per heavy atom. The molecule has 1 amide bonds. The number of nitrogens with zero attached hydrogens (tertiary/aromatic N) is 2. The second kappa shape index (κ2) is 7.21. The average molecular weight is 427 g/mol. The minimum Gasteiger partial charge on any atom is -0.444 e. The Kier molecular flexibility index (Phi) is 5.37. The minimum atomic E-state index is -0.489. The zero-order valence-electron chi connectivity index (χ0n) is 14.9. The van der Waals surface area contributed by atoms with Crippen LogP contribution in [0.15, 0.2) is 22.7 Å². The fraction of sp³-hybridized carbons (Fsp3) is 0.556. The normalized spacial score (nSPS) is 21.6. The van der Waals surface area contributed by atoms with Crippen molar-refractivity contribution in [2.75, 3.05) is 20.2 Å². The summed E-state index contributed by atoms with van der Waals surface area (Å²) >= 11 is 5.20. The van der Waals surface area contributed by atoms with E-state index in [-0.39, 0.29) is 18.1 Å². The van der Waals surface area contributed by atoms with E-state index < -0.39 is 5.60 Å². The van der Waals surface area contributed by atoms with Gasteiger partial charge in [0, 0.05) is 24.0 Å². The number of amides is 1. The number of hydrogen-bond donors (Lipinski definition) is 0. The SMILES string of the molecule is COC1CN(C(=O)OC(C)(C)C)CCC1c1nc2cc(Br)ccc2s1. The van der Waals surface area contributed by atoms with Crippen LogP contribution in [0.3, 0.4) is 0 Å². The summed E-state index contributed by atoms with van der Waals surface area (Å²) in [6, 6.07) is 6.15. The summed E-state index contributed by atoms with van der Waals surface area (Å²) in [5.74, 6) is 0.194. The quantitative estimate of drug-likeness (QED) is 0.691. The predicted octanol–water partition coefficient (Wildman–Crippen LogP) is 4.80. The summed E-state index contributed by atoms with van der Waals surface area (Å²) in [6.45, 7) is 6.81. The number of likely N-dealkylation sites (tertiary alicyclic amines) is 1. The van der Waals surface area contributed by atoms with Crippen molar-refractivity contribution >= 4 is 43.6 Å². The van der Waals surface area contributed by atoms with Gasteiger partial charge in [0.1, 0.15) is 5.60 Å². The van der Waals surface area contributed by atoms with E-state index in [1.807, 2.05) is 32.9 Å². The first-order chi connectivity index (χ1) is 11.8. The molecule has 0 bridgehead atoms. The molecule has 0 spiro atoms. The van der Waals surface area contributed by atoms with Gasteiger partial charge in [-0.25, -0.2) is 9.78 Å². The predicted molar refractivity (Wildman–Crippen MR) is 103 cm³/mol. The van der Waals surface area contributed by atoms with Crippen LogP contribution >= 0.6 is 27.3 Å². The van der Waals surface area contributed by atoms with Crippen LogP contribution in [0, 0.1) is 0 Å². The third kappa shape index (κ3) is 4.33. The number of piperidine rings is 1. The second-order valence-electron chi connectivity index (χ2n) is 7.26. The number of fused-ring (bicyclic) bond motifs is 1. The standard InChI is InChI=1S/C18H23BrN2O3S/c1-18(2,3)24-17(22)21-8-7-12(14(10-21)23-4)16-20-13-9-11(19)5-6-15(13)25-16/h5-6,9,12,14H,7-8,10H2,1-4H3. The van der Waals surface area contributed by atoms with Crippen molar-refractivity contribution in [2.45, 2.75) is 44.8 Å². The maximum Gasteiger partial charge on any atom is 0.410 e. The maximum absolute atomic E-state index is 12.3. The van der Waals surface area contributed by atoms with Gasteiger partial charge in [0.2, 0.25) is 0 Å². The van der Waals surface area contributed by atoms with Crippen molar-refractivity contribution in [3.8, 4) is 0 Å². The fourth-order valence-electron chi connectivity index (χ4n) is 3.01. The van der Waals surface area contributed by atoms with E-state index >= 15 is 0 Å². The van der Waals surface area contributed by atoms with Crippen molar-refractivity contribution in [2.24, 2.45) is 0 Å². The average Bonchev–Trinajstić information content (AvgIpc) is 2.95. The largest absolute Gasteiger partial charge is 0.444 e. The molecular weight excluding hydrogens is 404 g/mol. The van der Waals surface area contributed by atoms with E-state index in [9.17, 15) is 4.79 Å². The smallest absolute Gasteiger partial charge is 0.410 e. The molecule has 3 rings (SSSR count). The van der Waals surface area contributed by atoms with E-state index in [1.54, 1.807) is 23.3 Å². The highest BCUT2D eigenvalue weighted by Crippen LogP contribution is 2.36. The highest BCUT2D eigenvalue weighted by Gasteiger charge is 2.36. The van der Waals surface area contributed by atoms with Crippen molar-refractivity contribution < 1.29 is 14.3 Å². The number of hydrogen-bond acceptors (Lipinski definition) is 5.